The van der Waals surface area contributed by atoms with Gasteiger partial charge in [-0.1, -0.05) is 12.1 Å². The molecule has 32 heavy (non-hydrogen) atoms. The molecule has 9 heteroatoms. The third kappa shape index (κ3) is 3.80. The number of fused-ring (bicyclic) bond motifs is 1. The van der Waals surface area contributed by atoms with Crippen molar-refractivity contribution in [3.63, 3.8) is 0 Å². The molecule has 3 saturated heterocycles. The number of sulfonamides is 1. The van der Waals surface area contributed by atoms with Gasteiger partial charge in [-0.25, -0.2) is 0 Å². The fourth-order valence-corrected chi connectivity index (χ4v) is 6.72. The van der Waals surface area contributed by atoms with Crippen molar-refractivity contribution >= 4 is 27.7 Å². The van der Waals surface area contributed by atoms with Crippen LogP contribution in [0.25, 0.3) is 0 Å². The summed E-state index contributed by atoms with van der Waals surface area (Å²) in [6.45, 7) is 3.43. The highest BCUT2D eigenvalue weighted by Crippen LogP contribution is 2.31. The lowest BCUT2D eigenvalue weighted by Crippen LogP contribution is -2.55. The first-order valence-electron chi connectivity index (χ1n) is 11.7. The summed E-state index contributed by atoms with van der Waals surface area (Å²) in [7, 11) is -3.65. The van der Waals surface area contributed by atoms with Crippen molar-refractivity contribution in [1.29, 1.82) is 0 Å². The lowest BCUT2D eigenvalue weighted by molar-refractivity contribution is -0.150. The molecule has 172 valence electrons. The van der Waals surface area contributed by atoms with Crippen LogP contribution in [0.4, 0.5) is 0 Å². The number of amides is 2. The van der Waals surface area contributed by atoms with Gasteiger partial charge in [-0.2, -0.15) is 8.42 Å². The van der Waals surface area contributed by atoms with Crippen LogP contribution in [-0.4, -0.2) is 79.5 Å². The van der Waals surface area contributed by atoms with Gasteiger partial charge in [0.2, 0.25) is 11.8 Å². The lowest BCUT2D eigenvalue weighted by Gasteiger charge is -2.40. The molecular weight excluding hydrogens is 428 g/mol. The molecule has 2 amide bonds. The Morgan fingerprint density at radius 2 is 1.53 bits per heavy atom. The maximum Gasteiger partial charge on any atom is 0.285 e. The minimum atomic E-state index is -3.65. The van der Waals surface area contributed by atoms with E-state index in [1.165, 1.54) is 0 Å². The maximum absolute atomic E-state index is 13.4. The van der Waals surface area contributed by atoms with E-state index >= 15 is 0 Å². The first-order chi connectivity index (χ1) is 15.5. The van der Waals surface area contributed by atoms with Gasteiger partial charge in [0, 0.05) is 44.2 Å². The SMILES string of the molecule is O=C(C1CCCCN1C(=O)C1CCN(C2=NS(=O)(=O)c3ccccc32)CC1)N1CCCC1. The monoisotopic (exact) mass is 458 g/mol. The van der Waals surface area contributed by atoms with Gasteiger partial charge in [-0.15, -0.1) is 4.40 Å². The molecule has 5 rings (SSSR count). The molecule has 1 atom stereocenters. The number of carbonyl (C=O) groups is 2. The van der Waals surface area contributed by atoms with Crippen LogP contribution in [0.3, 0.4) is 0 Å². The van der Waals surface area contributed by atoms with Gasteiger partial charge in [0.1, 0.15) is 10.9 Å². The Kier molecular flexibility index (Phi) is 5.69. The van der Waals surface area contributed by atoms with Gasteiger partial charge in [-0.05, 0) is 57.1 Å². The summed E-state index contributed by atoms with van der Waals surface area (Å²) in [6.07, 6.45) is 6.06. The van der Waals surface area contributed by atoms with E-state index in [0.717, 1.165) is 45.2 Å². The molecule has 8 nitrogen and oxygen atoms in total. The number of amidine groups is 1. The zero-order valence-electron chi connectivity index (χ0n) is 18.3. The van der Waals surface area contributed by atoms with E-state index in [1.54, 1.807) is 18.2 Å². The van der Waals surface area contributed by atoms with E-state index in [9.17, 15) is 18.0 Å². The van der Waals surface area contributed by atoms with Crippen LogP contribution in [0.1, 0.15) is 50.5 Å². The summed E-state index contributed by atoms with van der Waals surface area (Å²) in [6, 6.07) is 6.59. The molecule has 0 bridgehead atoms. The molecule has 3 fully saturated rings. The van der Waals surface area contributed by atoms with Gasteiger partial charge in [0.25, 0.3) is 10.0 Å². The summed E-state index contributed by atoms with van der Waals surface area (Å²) in [5, 5.41) is 0. The van der Waals surface area contributed by atoms with Crippen LogP contribution in [0.2, 0.25) is 0 Å². The van der Waals surface area contributed by atoms with Gasteiger partial charge >= 0.3 is 0 Å². The van der Waals surface area contributed by atoms with Gasteiger partial charge in [0.15, 0.2) is 5.84 Å². The predicted molar refractivity (Wildman–Crippen MR) is 120 cm³/mol. The lowest BCUT2D eigenvalue weighted by atomic mass is 9.92. The first-order valence-corrected chi connectivity index (χ1v) is 13.2. The number of likely N-dealkylation sites (tertiary alicyclic amines) is 3. The van der Waals surface area contributed by atoms with Gasteiger partial charge < -0.3 is 14.7 Å². The van der Waals surface area contributed by atoms with Crippen LogP contribution in [0.15, 0.2) is 33.6 Å². The zero-order chi connectivity index (χ0) is 22.3. The van der Waals surface area contributed by atoms with Crippen molar-refractivity contribution in [2.24, 2.45) is 10.3 Å². The number of piperidine rings is 2. The van der Waals surface area contributed by atoms with Crippen LogP contribution in [0, 0.1) is 5.92 Å². The molecule has 0 spiro atoms. The molecule has 0 aromatic heterocycles. The Morgan fingerprint density at radius 3 is 2.28 bits per heavy atom. The topological polar surface area (TPSA) is 90.4 Å². The van der Waals surface area contributed by atoms with Crippen molar-refractivity contribution in [3.8, 4) is 0 Å². The number of carbonyl (C=O) groups excluding carboxylic acids is 2. The average Bonchev–Trinajstić information content (AvgIpc) is 3.45. The average molecular weight is 459 g/mol. The van der Waals surface area contributed by atoms with Crippen molar-refractivity contribution in [3.05, 3.63) is 29.8 Å². The summed E-state index contributed by atoms with van der Waals surface area (Å²) in [5.41, 5.74) is 0.643. The molecule has 0 N–H and O–H groups in total. The van der Waals surface area contributed by atoms with Crippen LogP contribution in [-0.2, 0) is 19.6 Å². The van der Waals surface area contributed by atoms with E-state index < -0.39 is 10.0 Å². The van der Waals surface area contributed by atoms with Gasteiger partial charge in [-0.3, -0.25) is 9.59 Å². The maximum atomic E-state index is 13.4. The van der Waals surface area contributed by atoms with Crippen molar-refractivity contribution < 1.29 is 18.0 Å². The molecule has 0 aliphatic carbocycles. The zero-order valence-corrected chi connectivity index (χ0v) is 19.1. The minimum Gasteiger partial charge on any atom is -0.355 e. The second kappa shape index (κ2) is 8.50. The summed E-state index contributed by atoms with van der Waals surface area (Å²) in [5.74, 6) is 0.567. The van der Waals surface area contributed by atoms with Gasteiger partial charge in [0.05, 0.1) is 0 Å². The molecule has 1 aromatic carbocycles. The molecule has 1 aromatic rings. The molecule has 0 saturated carbocycles. The first kappa shape index (κ1) is 21.4. The fourth-order valence-electron chi connectivity index (χ4n) is 5.49. The fraction of sp³-hybridized carbons (Fsp3) is 0.609. The van der Waals surface area contributed by atoms with Crippen molar-refractivity contribution in [1.82, 2.24) is 14.7 Å². The Bertz CT molecular complexity index is 1040. The van der Waals surface area contributed by atoms with E-state index in [2.05, 4.69) is 4.40 Å². The number of rotatable bonds is 2. The number of benzene rings is 1. The third-order valence-electron chi connectivity index (χ3n) is 7.24. The van der Waals surface area contributed by atoms with Crippen molar-refractivity contribution in [2.45, 2.75) is 55.9 Å². The van der Waals surface area contributed by atoms with Crippen LogP contribution >= 0.6 is 0 Å². The Labute approximate surface area is 189 Å². The molecule has 1 unspecified atom stereocenters. The van der Waals surface area contributed by atoms with E-state index in [-0.39, 0.29) is 28.7 Å². The van der Waals surface area contributed by atoms with Crippen molar-refractivity contribution in [2.75, 3.05) is 32.7 Å². The highest BCUT2D eigenvalue weighted by molar-refractivity contribution is 7.90. The van der Waals surface area contributed by atoms with Crippen LogP contribution < -0.4 is 0 Å². The predicted octanol–water partition coefficient (Wildman–Crippen LogP) is 1.85. The smallest absolute Gasteiger partial charge is 0.285 e. The second-order valence-electron chi connectivity index (χ2n) is 9.22. The molecule has 4 aliphatic rings. The summed E-state index contributed by atoms with van der Waals surface area (Å²) < 4.78 is 28.8. The minimum absolute atomic E-state index is 0.0864. The van der Waals surface area contributed by atoms with E-state index in [0.29, 0.717) is 43.9 Å². The molecule has 0 radical (unpaired) electrons. The standard InChI is InChI=1S/C23H30N4O4S/c28-22(27-14-4-3-8-19(27)23(29)26-12-5-6-13-26)17-10-15-25(16-11-17)21-18-7-1-2-9-20(18)32(30,31)24-21/h1-2,7,9,17,19H,3-6,8,10-16H2. The highest BCUT2D eigenvalue weighted by atomic mass is 32.2. The van der Waals surface area contributed by atoms with E-state index in [1.807, 2.05) is 20.8 Å². The Morgan fingerprint density at radius 1 is 0.844 bits per heavy atom. The Balaban J connectivity index is 1.26. The second-order valence-corrected chi connectivity index (χ2v) is 10.8. The molecular formula is C23H30N4O4S. The largest absolute Gasteiger partial charge is 0.355 e. The third-order valence-corrected chi connectivity index (χ3v) is 8.57. The number of hydrogen-bond acceptors (Lipinski definition) is 5. The number of hydrogen-bond donors (Lipinski definition) is 0. The van der Waals surface area contributed by atoms with Crippen LogP contribution in [0.5, 0.6) is 0 Å². The molecule has 4 heterocycles. The summed E-state index contributed by atoms with van der Waals surface area (Å²) in [4.78, 5) is 32.5. The molecule has 4 aliphatic heterocycles. The normalized spacial score (nSPS) is 25.6. The summed E-state index contributed by atoms with van der Waals surface area (Å²) >= 11 is 0. The quantitative estimate of drug-likeness (QED) is 0.675. The Hall–Kier alpha value is -2.42. The highest BCUT2D eigenvalue weighted by Gasteiger charge is 2.40. The number of nitrogens with zero attached hydrogens (tertiary/aromatic N) is 4. The van der Waals surface area contributed by atoms with E-state index in [4.69, 9.17) is 0 Å².